The normalized spacial score (nSPS) is 9.90. The van der Waals surface area contributed by atoms with Gasteiger partial charge in [-0.3, -0.25) is 9.78 Å². The molecule has 0 atom stereocenters. The number of benzene rings is 1. The van der Waals surface area contributed by atoms with Gasteiger partial charge in [0.25, 0.3) is 5.91 Å². The van der Waals surface area contributed by atoms with Crippen molar-refractivity contribution in [2.75, 3.05) is 25.3 Å². The molecule has 0 aliphatic carbocycles. The SMILES string of the molecule is COc1ccc(OC)c(NC(=O)c2cc(N)ccn2)c1. The molecule has 0 fully saturated rings. The first-order valence-electron chi connectivity index (χ1n) is 5.89. The number of carbonyl (C=O) groups excluding carboxylic acids is 1. The Morgan fingerprint density at radius 2 is 2.00 bits per heavy atom. The lowest BCUT2D eigenvalue weighted by Crippen LogP contribution is -2.14. The van der Waals surface area contributed by atoms with Gasteiger partial charge in [0.1, 0.15) is 17.2 Å². The van der Waals surface area contributed by atoms with Crippen LogP contribution in [-0.2, 0) is 0 Å². The Bertz CT molecular complexity index is 629. The van der Waals surface area contributed by atoms with E-state index in [1.807, 2.05) is 0 Å². The minimum atomic E-state index is -0.371. The van der Waals surface area contributed by atoms with E-state index in [9.17, 15) is 4.79 Å². The zero-order valence-corrected chi connectivity index (χ0v) is 11.2. The lowest BCUT2D eigenvalue weighted by atomic mass is 10.2. The van der Waals surface area contributed by atoms with Crippen molar-refractivity contribution in [2.45, 2.75) is 0 Å². The van der Waals surface area contributed by atoms with Crippen molar-refractivity contribution in [1.82, 2.24) is 4.98 Å². The van der Waals surface area contributed by atoms with E-state index in [0.29, 0.717) is 22.9 Å². The van der Waals surface area contributed by atoms with Crippen molar-refractivity contribution >= 4 is 17.3 Å². The number of hydrogen-bond acceptors (Lipinski definition) is 5. The monoisotopic (exact) mass is 273 g/mol. The van der Waals surface area contributed by atoms with Crippen LogP contribution in [0.4, 0.5) is 11.4 Å². The second-order valence-electron chi connectivity index (χ2n) is 3.99. The Hall–Kier alpha value is -2.76. The number of methoxy groups -OCH3 is 2. The molecular weight excluding hydrogens is 258 g/mol. The molecule has 0 aliphatic heterocycles. The lowest BCUT2D eigenvalue weighted by molar-refractivity contribution is 0.102. The number of anilines is 2. The van der Waals surface area contributed by atoms with E-state index in [1.165, 1.54) is 19.4 Å². The molecule has 3 N–H and O–H groups in total. The number of nitrogens with two attached hydrogens (primary N) is 1. The van der Waals surface area contributed by atoms with E-state index >= 15 is 0 Å². The summed E-state index contributed by atoms with van der Waals surface area (Å²) in [4.78, 5) is 16.1. The van der Waals surface area contributed by atoms with Crippen molar-refractivity contribution in [3.8, 4) is 11.5 Å². The molecule has 0 spiro atoms. The molecule has 0 unspecified atom stereocenters. The quantitative estimate of drug-likeness (QED) is 0.889. The van der Waals surface area contributed by atoms with Gasteiger partial charge < -0.3 is 20.5 Å². The average molecular weight is 273 g/mol. The van der Waals surface area contributed by atoms with Crippen LogP contribution in [0.2, 0.25) is 0 Å². The third-order valence-corrected chi connectivity index (χ3v) is 2.67. The molecule has 0 radical (unpaired) electrons. The summed E-state index contributed by atoms with van der Waals surface area (Å²) in [6.07, 6.45) is 1.48. The highest BCUT2D eigenvalue weighted by Crippen LogP contribution is 2.29. The van der Waals surface area contributed by atoms with Gasteiger partial charge in [-0.25, -0.2) is 0 Å². The van der Waals surface area contributed by atoms with E-state index in [0.717, 1.165) is 0 Å². The Morgan fingerprint density at radius 3 is 2.65 bits per heavy atom. The second kappa shape index (κ2) is 5.92. The van der Waals surface area contributed by atoms with Crippen molar-refractivity contribution in [3.63, 3.8) is 0 Å². The molecule has 0 bridgehead atoms. The van der Waals surface area contributed by atoms with Gasteiger partial charge in [0.05, 0.1) is 19.9 Å². The van der Waals surface area contributed by atoms with Crippen LogP contribution >= 0.6 is 0 Å². The summed E-state index contributed by atoms with van der Waals surface area (Å²) in [5.74, 6) is 0.772. The van der Waals surface area contributed by atoms with E-state index in [2.05, 4.69) is 10.3 Å². The van der Waals surface area contributed by atoms with E-state index in [-0.39, 0.29) is 11.6 Å². The maximum Gasteiger partial charge on any atom is 0.274 e. The van der Waals surface area contributed by atoms with Crippen molar-refractivity contribution in [2.24, 2.45) is 0 Å². The van der Waals surface area contributed by atoms with Gasteiger partial charge in [-0.05, 0) is 24.3 Å². The molecule has 2 rings (SSSR count). The molecule has 1 heterocycles. The number of nitrogens with one attached hydrogen (secondary N) is 1. The third-order valence-electron chi connectivity index (χ3n) is 2.67. The van der Waals surface area contributed by atoms with Crippen LogP contribution in [0.3, 0.4) is 0 Å². The summed E-state index contributed by atoms with van der Waals surface area (Å²) < 4.78 is 10.3. The van der Waals surface area contributed by atoms with Gasteiger partial charge in [-0.2, -0.15) is 0 Å². The van der Waals surface area contributed by atoms with Gasteiger partial charge in [0, 0.05) is 18.0 Å². The number of nitrogens with zero attached hydrogens (tertiary/aromatic N) is 1. The first-order valence-corrected chi connectivity index (χ1v) is 5.89. The zero-order valence-electron chi connectivity index (χ0n) is 11.2. The topological polar surface area (TPSA) is 86.5 Å². The first-order chi connectivity index (χ1) is 9.63. The molecule has 6 nitrogen and oxygen atoms in total. The number of carbonyl (C=O) groups is 1. The highest BCUT2D eigenvalue weighted by atomic mass is 16.5. The Morgan fingerprint density at radius 1 is 1.20 bits per heavy atom. The predicted octanol–water partition coefficient (Wildman–Crippen LogP) is 1.93. The molecule has 0 aliphatic rings. The number of amides is 1. The maximum absolute atomic E-state index is 12.1. The van der Waals surface area contributed by atoms with Gasteiger partial charge >= 0.3 is 0 Å². The largest absolute Gasteiger partial charge is 0.497 e. The molecular formula is C14H15N3O3. The summed E-state index contributed by atoms with van der Waals surface area (Å²) in [5.41, 5.74) is 6.83. The number of aromatic nitrogens is 1. The number of rotatable bonds is 4. The summed E-state index contributed by atoms with van der Waals surface area (Å²) in [5, 5.41) is 2.72. The fourth-order valence-corrected chi connectivity index (χ4v) is 1.67. The summed E-state index contributed by atoms with van der Waals surface area (Å²) in [6, 6.07) is 8.24. The highest BCUT2D eigenvalue weighted by molar-refractivity contribution is 6.04. The molecule has 2 aromatic rings. The highest BCUT2D eigenvalue weighted by Gasteiger charge is 2.12. The second-order valence-corrected chi connectivity index (χ2v) is 3.99. The first kappa shape index (κ1) is 13.7. The van der Waals surface area contributed by atoms with Crippen molar-refractivity contribution < 1.29 is 14.3 Å². The number of pyridine rings is 1. The molecule has 0 saturated heterocycles. The van der Waals surface area contributed by atoms with Crippen LogP contribution in [0.15, 0.2) is 36.5 Å². The fourth-order valence-electron chi connectivity index (χ4n) is 1.67. The molecule has 6 heteroatoms. The van der Waals surface area contributed by atoms with Crippen molar-refractivity contribution in [3.05, 3.63) is 42.2 Å². The average Bonchev–Trinajstić information content (AvgIpc) is 2.47. The minimum absolute atomic E-state index is 0.231. The Kier molecular flexibility index (Phi) is 4.05. The molecule has 1 aromatic carbocycles. The molecule has 0 saturated carbocycles. The lowest BCUT2D eigenvalue weighted by Gasteiger charge is -2.11. The van der Waals surface area contributed by atoms with Crippen molar-refractivity contribution in [1.29, 1.82) is 0 Å². The van der Waals surface area contributed by atoms with Crippen LogP contribution in [0.5, 0.6) is 11.5 Å². The third kappa shape index (κ3) is 2.97. The van der Waals surface area contributed by atoms with Gasteiger partial charge in [0.2, 0.25) is 0 Å². The van der Waals surface area contributed by atoms with Crippen LogP contribution in [-0.4, -0.2) is 25.1 Å². The summed E-state index contributed by atoms with van der Waals surface area (Å²) in [7, 11) is 3.07. The van der Waals surface area contributed by atoms with Gasteiger partial charge in [0.15, 0.2) is 0 Å². The van der Waals surface area contributed by atoms with E-state index < -0.39 is 0 Å². The zero-order chi connectivity index (χ0) is 14.5. The number of nitrogen functional groups attached to an aromatic ring is 1. The Labute approximate surface area is 116 Å². The molecule has 1 aromatic heterocycles. The van der Waals surface area contributed by atoms with Gasteiger partial charge in [-0.15, -0.1) is 0 Å². The summed E-state index contributed by atoms with van der Waals surface area (Å²) in [6.45, 7) is 0. The maximum atomic E-state index is 12.1. The van der Waals surface area contributed by atoms with E-state index in [4.69, 9.17) is 15.2 Å². The molecule has 104 valence electrons. The number of ether oxygens (including phenoxy) is 2. The summed E-state index contributed by atoms with van der Waals surface area (Å²) >= 11 is 0. The fraction of sp³-hybridized carbons (Fsp3) is 0.143. The standard InChI is InChI=1S/C14H15N3O3/c1-19-10-3-4-13(20-2)11(8-10)17-14(18)12-7-9(15)5-6-16-12/h3-8H,1-2H3,(H2,15,16)(H,17,18). The minimum Gasteiger partial charge on any atom is -0.497 e. The molecule has 20 heavy (non-hydrogen) atoms. The van der Waals surface area contributed by atoms with Crippen LogP contribution in [0.1, 0.15) is 10.5 Å². The Balaban J connectivity index is 2.27. The smallest absolute Gasteiger partial charge is 0.274 e. The van der Waals surface area contributed by atoms with E-state index in [1.54, 1.807) is 31.4 Å². The van der Waals surface area contributed by atoms with Crippen LogP contribution in [0.25, 0.3) is 0 Å². The van der Waals surface area contributed by atoms with Crippen LogP contribution < -0.4 is 20.5 Å². The van der Waals surface area contributed by atoms with Crippen LogP contribution in [0, 0.1) is 0 Å². The predicted molar refractivity (Wildman–Crippen MR) is 76.1 cm³/mol. The van der Waals surface area contributed by atoms with Gasteiger partial charge in [-0.1, -0.05) is 0 Å². The number of hydrogen-bond donors (Lipinski definition) is 2. The molecule has 1 amide bonds.